The number of nitrogens with zero attached hydrogens (tertiary/aromatic N) is 1. The molecule has 0 saturated carbocycles. The van der Waals surface area contributed by atoms with Crippen molar-refractivity contribution in [1.82, 2.24) is 10.3 Å². The van der Waals surface area contributed by atoms with Crippen LogP contribution < -0.4 is 5.32 Å². The van der Waals surface area contributed by atoms with Gasteiger partial charge in [-0.1, -0.05) is 6.08 Å². The van der Waals surface area contributed by atoms with Gasteiger partial charge in [-0.25, -0.2) is 4.98 Å². The number of aromatic nitrogens is 1. The minimum Gasteiger partial charge on any atom is -0.349 e. The average molecular weight is 286 g/mol. The topological polar surface area (TPSA) is 42.0 Å². The molecule has 100 valence electrons. The number of carbonyl (C=O) groups is 1. The van der Waals surface area contributed by atoms with Crippen LogP contribution in [0.4, 0.5) is 13.2 Å². The summed E-state index contributed by atoms with van der Waals surface area (Å²) in [5.74, 6) is -0.810. The first-order valence-electron chi connectivity index (χ1n) is 5.28. The second kappa shape index (κ2) is 5.00. The van der Waals surface area contributed by atoms with E-state index in [0.29, 0.717) is 4.70 Å². The Morgan fingerprint density at radius 3 is 2.89 bits per heavy atom. The summed E-state index contributed by atoms with van der Waals surface area (Å²) >= 11 is 1.23. The van der Waals surface area contributed by atoms with Crippen molar-refractivity contribution in [3.8, 4) is 0 Å². The van der Waals surface area contributed by atoms with Crippen molar-refractivity contribution in [1.29, 1.82) is 0 Å². The van der Waals surface area contributed by atoms with Crippen LogP contribution >= 0.6 is 11.3 Å². The summed E-state index contributed by atoms with van der Waals surface area (Å²) in [5, 5.41) is 3.95. The van der Waals surface area contributed by atoms with Crippen LogP contribution in [0.2, 0.25) is 0 Å². The number of rotatable bonds is 3. The minimum absolute atomic E-state index is 0.0958. The lowest BCUT2D eigenvalue weighted by atomic mass is 10.1. The molecule has 0 aliphatic heterocycles. The van der Waals surface area contributed by atoms with Gasteiger partial charge in [-0.05, 0) is 17.5 Å². The number of thiophene rings is 1. The highest BCUT2D eigenvalue weighted by Gasteiger charge is 2.37. The molecule has 2 aromatic heterocycles. The summed E-state index contributed by atoms with van der Waals surface area (Å²) in [7, 11) is 0. The molecule has 0 bridgehead atoms. The van der Waals surface area contributed by atoms with Crippen molar-refractivity contribution in [3.05, 3.63) is 41.4 Å². The maximum Gasteiger partial charge on any atom is 0.434 e. The van der Waals surface area contributed by atoms with Crippen molar-refractivity contribution in [3.63, 3.8) is 0 Å². The standard InChI is InChI=1S/C12H9F3N2OS/c1-2-4-16-11(18)7-6-9-8(3-5-19-9)17-10(7)12(13,14)15/h2-3,5-6H,1,4H2,(H,16,18). The van der Waals surface area contributed by atoms with Crippen LogP contribution in [0.1, 0.15) is 16.1 Å². The predicted octanol–water partition coefficient (Wildman–Crippen LogP) is 3.23. The fourth-order valence-corrected chi connectivity index (χ4v) is 2.31. The normalized spacial score (nSPS) is 11.5. The lowest BCUT2D eigenvalue weighted by Gasteiger charge is -2.11. The highest BCUT2D eigenvalue weighted by Crippen LogP contribution is 2.33. The molecule has 0 aromatic carbocycles. The summed E-state index contributed by atoms with van der Waals surface area (Å²) in [5.41, 5.74) is -1.40. The molecule has 0 saturated heterocycles. The van der Waals surface area contributed by atoms with E-state index in [2.05, 4.69) is 16.9 Å². The number of amides is 1. The van der Waals surface area contributed by atoms with Gasteiger partial charge in [0.15, 0.2) is 5.69 Å². The van der Waals surface area contributed by atoms with Crippen LogP contribution in [0, 0.1) is 0 Å². The molecule has 1 amide bonds. The third-order valence-corrected chi connectivity index (χ3v) is 3.21. The number of carbonyl (C=O) groups excluding carboxylic acids is 1. The van der Waals surface area contributed by atoms with E-state index in [1.807, 2.05) is 0 Å². The van der Waals surface area contributed by atoms with Crippen molar-refractivity contribution in [2.24, 2.45) is 0 Å². The van der Waals surface area contributed by atoms with Gasteiger partial charge in [0.2, 0.25) is 0 Å². The van der Waals surface area contributed by atoms with E-state index in [-0.39, 0.29) is 12.1 Å². The maximum atomic E-state index is 12.9. The number of hydrogen-bond donors (Lipinski definition) is 1. The van der Waals surface area contributed by atoms with E-state index in [9.17, 15) is 18.0 Å². The zero-order valence-corrected chi connectivity index (χ0v) is 10.4. The van der Waals surface area contributed by atoms with Crippen LogP contribution in [0.25, 0.3) is 10.2 Å². The molecule has 2 rings (SSSR count). The van der Waals surface area contributed by atoms with Gasteiger partial charge in [-0.15, -0.1) is 17.9 Å². The van der Waals surface area contributed by atoms with Gasteiger partial charge in [-0.3, -0.25) is 4.79 Å². The van der Waals surface area contributed by atoms with Gasteiger partial charge in [0, 0.05) is 6.54 Å². The lowest BCUT2D eigenvalue weighted by molar-refractivity contribution is -0.141. The van der Waals surface area contributed by atoms with Crippen LogP contribution in [0.5, 0.6) is 0 Å². The van der Waals surface area contributed by atoms with Crippen LogP contribution in [-0.2, 0) is 6.18 Å². The van der Waals surface area contributed by atoms with Crippen LogP contribution in [0.15, 0.2) is 30.2 Å². The Morgan fingerprint density at radius 1 is 1.53 bits per heavy atom. The van der Waals surface area contributed by atoms with E-state index in [1.54, 1.807) is 5.38 Å². The molecule has 2 aromatic rings. The zero-order valence-electron chi connectivity index (χ0n) is 9.62. The molecule has 0 radical (unpaired) electrons. The predicted molar refractivity (Wildman–Crippen MR) is 67.2 cm³/mol. The number of halogens is 3. The Labute approximate surface area is 110 Å². The summed E-state index contributed by atoms with van der Waals surface area (Å²) in [4.78, 5) is 15.3. The number of fused-ring (bicyclic) bond motifs is 1. The van der Waals surface area contributed by atoms with Crippen molar-refractivity contribution >= 4 is 27.5 Å². The molecule has 0 aliphatic rings. The molecule has 0 spiro atoms. The molecule has 0 fully saturated rings. The number of alkyl halides is 3. The second-order valence-electron chi connectivity index (χ2n) is 3.68. The lowest BCUT2D eigenvalue weighted by Crippen LogP contribution is -2.27. The fraction of sp³-hybridized carbons (Fsp3) is 0.167. The van der Waals surface area contributed by atoms with Gasteiger partial charge in [0.1, 0.15) is 0 Å². The fourth-order valence-electron chi connectivity index (χ4n) is 1.54. The molecule has 1 N–H and O–H groups in total. The van der Waals surface area contributed by atoms with E-state index in [1.165, 1.54) is 29.5 Å². The molecule has 2 heterocycles. The highest BCUT2D eigenvalue weighted by molar-refractivity contribution is 7.17. The maximum absolute atomic E-state index is 12.9. The van der Waals surface area contributed by atoms with Gasteiger partial charge < -0.3 is 5.32 Å². The average Bonchev–Trinajstić information content (AvgIpc) is 2.80. The third-order valence-electron chi connectivity index (χ3n) is 2.36. The van der Waals surface area contributed by atoms with Gasteiger partial charge >= 0.3 is 6.18 Å². The number of pyridine rings is 1. The molecule has 0 aliphatic carbocycles. The molecule has 0 atom stereocenters. The Hall–Kier alpha value is -1.89. The van der Waals surface area contributed by atoms with Crippen molar-refractivity contribution in [2.45, 2.75) is 6.18 Å². The SMILES string of the molecule is C=CCNC(=O)c1cc2sccc2nc1C(F)(F)F. The molecule has 7 heteroatoms. The van der Waals surface area contributed by atoms with Gasteiger partial charge in [0.05, 0.1) is 15.8 Å². The Balaban J connectivity index is 2.55. The Bertz CT molecular complexity index is 633. The first-order valence-corrected chi connectivity index (χ1v) is 6.16. The van der Waals surface area contributed by atoms with E-state index >= 15 is 0 Å². The van der Waals surface area contributed by atoms with Crippen LogP contribution in [0.3, 0.4) is 0 Å². The molecular formula is C12H9F3N2OS. The van der Waals surface area contributed by atoms with E-state index < -0.39 is 23.3 Å². The first-order chi connectivity index (χ1) is 8.93. The highest BCUT2D eigenvalue weighted by atomic mass is 32.1. The summed E-state index contributed by atoms with van der Waals surface area (Å²) in [6.07, 6.45) is -3.28. The Morgan fingerprint density at radius 2 is 2.26 bits per heavy atom. The quantitative estimate of drug-likeness (QED) is 0.880. The van der Waals surface area contributed by atoms with E-state index in [0.717, 1.165) is 0 Å². The monoisotopic (exact) mass is 286 g/mol. The number of nitrogens with one attached hydrogen (secondary N) is 1. The summed E-state index contributed by atoms with van der Waals surface area (Å²) in [6, 6.07) is 2.70. The van der Waals surface area contributed by atoms with Crippen molar-refractivity contribution < 1.29 is 18.0 Å². The zero-order chi connectivity index (χ0) is 14.0. The first kappa shape index (κ1) is 13.5. The smallest absolute Gasteiger partial charge is 0.349 e. The Kier molecular flexibility index (Phi) is 3.57. The molecule has 3 nitrogen and oxygen atoms in total. The van der Waals surface area contributed by atoms with E-state index in [4.69, 9.17) is 0 Å². The summed E-state index contributed by atoms with van der Waals surface area (Å²) in [6.45, 7) is 3.48. The van der Waals surface area contributed by atoms with Crippen molar-refractivity contribution in [2.75, 3.05) is 6.54 Å². The minimum atomic E-state index is -4.67. The van der Waals surface area contributed by atoms with Gasteiger partial charge in [-0.2, -0.15) is 13.2 Å². The number of hydrogen-bond acceptors (Lipinski definition) is 3. The summed E-state index contributed by atoms with van der Waals surface area (Å²) < 4.78 is 39.3. The van der Waals surface area contributed by atoms with Gasteiger partial charge in [0.25, 0.3) is 5.91 Å². The molecule has 0 unspecified atom stereocenters. The molecule has 19 heavy (non-hydrogen) atoms. The third kappa shape index (κ3) is 2.76. The van der Waals surface area contributed by atoms with Crippen LogP contribution in [-0.4, -0.2) is 17.4 Å². The largest absolute Gasteiger partial charge is 0.434 e. The second-order valence-corrected chi connectivity index (χ2v) is 4.63. The molecular weight excluding hydrogens is 277 g/mol.